The van der Waals surface area contributed by atoms with Crippen LogP contribution < -0.4 is 11.3 Å². The first-order valence-electron chi connectivity index (χ1n) is 5.36. The Labute approximate surface area is 99.7 Å². The molecule has 0 fully saturated rings. The van der Waals surface area contributed by atoms with Crippen LogP contribution in [0.25, 0.3) is 11.6 Å². The van der Waals surface area contributed by atoms with Crippen LogP contribution in [0.5, 0.6) is 0 Å². The van der Waals surface area contributed by atoms with Gasteiger partial charge < -0.3 is 10.4 Å². The van der Waals surface area contributed by atoms with Gasteiger partial charge in [0.15, 0.2) is 11.6 Å². The molecular weight excluding hydrogens is 216 g/mol. The lowest BCUT2D eigenvalue weighted by molar-refractivity contribution is 0.568. The first-order chi connectivity index (χ1) is 8.00. The van der Waals surface area contributed by atoms with E-state index in [0.29, 0.717) is 17.5 Å². The summed E-state index contributed by atoms with van der Waals surface area (Å²) < 4.78 is 0. The average Bonchev–Trinajstić information content (AvgIpc) is 2.80. The molecule has 0 saturated heterocycles. The molecule has 0 saturated carbocycles. The van der Waals surface area contributed by atoms with Gasteiger partial charge in [-0.2, -0.15) is 0 Å². The van der Waals surface area contributed by atoms with Gasteiger partial charge in [-0.05, 0) is 0 Å². The SMILES string of the molecule is CC(C)(C)c1cc(NN)nc(-c2ncc[nH]2)n1. The summed E-state index contributed by atoms with van der Waals surface area (Å²) in [6.07, 6.45) is 3.40. The normalized spacial score (nSPS) is 11.5. The topological polar surface area (TPSA) is 92.5 Å². The van der Waals surface area contributed by atoms with Crippen molar-refractivity contribution in [2.75, 3.05) is 5.43 Å². The minimum atomic E-state index is -0.0735. The van der Waals surface area contributed by atoms with E-state index >= 15 is 0 Å². The Kier molecular flexibility index (Phi) is 2.81. The number of aromatic nitrogens is 4. The van der Waals surface area contributed by atoms with Crippen molar-refractivity contribution in [2.24, 2.45) is 5.84 Å². The van der Waals surface area contributed by atoms with E-state index in [0.717, 1.165) is 5.69 Å². The van der Waals surface area contributed by atoms with Crippen molar-refractivity contribution in [2.45, 2.75) is 26.2 Å². The van der Waals surface area contributed by atoms with Gasteiger partial charge in [0.25, 0.3) is 0 Å². The summed E-state index contributed by atoms with van der Waals surface area (Å²) in [4.78, 5) is 15.9. The molecule has 0 aliphatic rings. The Hall–Kier alpha value is -1.95. The molecule has 0 aromatic carbocycles. The Balaban J connectivity index is 2.54. The molecule has 2 aromatic heterocycles. The number of hydrazine groups is 1. The van der Waals surface area contributed by atoms with Gasteiger partial charge in [0.1, 0.15) is 5.82 Å². The second-order valence-corrected chi connectivity index (χ2v) is 4.79. The first-order valence-corrected chi connectivity index (χ1v) is 5.36. The maximum Gasteiger partial charge on any atom is 0.197 e. The van der Waals surface area contributed by atoms with Crippen LogP contribution in [0.3, 0.4) is 0 Å². The van der Waals surface area contributed by atoms with Crippen molar-refractivity contribution in [1.82, 2.24) is 19.9 Å². The van der Waals surface area contributed by atoms with Gasteiger partial charge in [0, 0.05) is 23.9 Å². The lowest BCUT2D eigenvalue weighted by Crippen LogP contribution is -2.17. The lowest BCUT2D eigenvalue weighted by Gasteiger charge is -2.18. The minimum Gasteiger partial charge on any atom is -0.342 e. The minimum absolute atomic E-state index is 0.0735. The molecule has 0 aliphatic carbocycles. The lowest BCUT2D eigenvalue weighted by atomic mass is 9.92. The predicted molar refractivity (Wildman–Crippen MR) is 66.1 cm³/mol. The Morgan fingerprint density at radius 2 is 2.06 bits per heavy atom. The predicted octanol–water partition coefficient (Wildman–Crippen LogP) is 1.45. The Morgan fingerprint density at radius 3 is 2.59 bits per heavy atom. The molecular formula is C11H16N6. The zero-order valence-corrected chi connectivity index (χ0v) is 10.2. The van der Waals surface area contributed by atoms with Crippen molar-refractivity contribution in [3.8, 4) is 11.6 Å². The van der Waals surface area contributed by atoms with Crippen molar-refractivity contribution >= 4 is 5.82 Å². The zero-order valence-electron chi connectivity index (χ0n) is 10.2. The number of hydrogen-bond acceptors (Lipinski definition) is 5. The molecule has 6 heteroatoms. The van der Waals surface area contributed by atoms with Gasteiger partial charge in [-0.1, -0.05) is 20.8 Å². The van der Waals surface area contributed by atoms with E-state index in [1.54, 1.807) is 12.4 Å². The van der Waals surface area contributed by atoms with E-state index in [1.807, 2.05) is 6.07 Å². The molecule has 0 spiro atoms. The van der Waals surface area contributed by atoms with E-state index in [2.05, 4.69) is 46.1 Å². The Morgan fingerprint density at radius 1 is 1.29 bits per heavy atom. The van der Waals surface area contributed by atoms with E-state index in [1.165, 1.54) is 0 Å². The third-order valence-electron chi connectivity index (χ3n) is 2.35. The highest BCUT2D eigenvalue weighted by Crippen LogP contribution is 2.24. The summed E-state index contributed by atoms with van der Waals surface area (Å²) in [6.45, 7) is 6.25. The maximum absolute atomic E-state index is 5.41. The average molecular weight is 232 g/mol. The number of aromatic amines is 1. The summed E-state index contributed by atoms with van der Waals surface area (Å²) >= 11 is 0. The fraction of sp³-hybridized carbons (Fsp3) is 0.364. The highest BCUT2D eigenvalue weighted by molar-refractivity contribution is 5.49. The fourth-order valence-corrected chi connectivity index (χ4v) is 1.40. The fourth-order valence-electron chi connectivity index (χ4n) is 1.40. The molecule has 0 unspecified atom stereocenters. The molecule has 0 amide bonds. The third-order valence-corrected chi connectivity index (χ3v) is 2.35. The smallest absolute Gasteiger partial charge is 0.197 e. The highest BCUT2D eigenvalue weighted by Gasteiger charge is 2.18. The first kappa shape index (κ1) is 11.5. The van der Waals surface area contributed by atoms with Crippen molar-refractivity contribution in [3.05, 3.63) is 24.2 Å². The van der Waals surface area contributed by atoms with Crippen LogP contribution >= 0.6 is 0 Å². The van der Waals surface area contributed by atoms with Gasteiger partial charge in [0.2, 0.25) is 0 Å². The van der Waals surface area contributed by atoms with Crippen LogP contribution in [0.2, 0.25) is 0 Å². The third kappa shape index (κ3) is 2.42. The summed E-state index contributed by atoms with van der Waals surface area (Å²) in [5.41, 5.74) is 3.38. The van der Waals surface area contributed by atoms with Crippen LogP contribution in [-0.2, 0) is 5.41 Å². The van der Waals surface area contributed by atoms with Crippen LogP contribution in [0.4, 0.5) is 5.82 Å². The van der Waals surface area contributed by atoms with Crippen molar-refractivity contribution in [3.63, 3.8) is 0 Å². The molecule has 0 aliphatic heterocycles. The summed E-state index contributed by atoms with van der Waals surface area (Å²) in [5, 5.41) is 0. The quantitative estimate of drug-likeness (QED) is 0.538. The van der Waals surface area contributed by atoms with Crippen LogP contribution in [0.1, 0.15) is 26.5 Å². The highest BCUT2D eigenvalue weighted by atomic mass is 15.3. The molecule has 4 N–H and O–H groups in total. The van der Waals surface area contributed by atoms with Crippen LogP contribution in [0, 0.1) is 0 Å². The molecule has 0 bridgehead atoms. The van der Waals surface area contributed by atoms with E-state index in [-0.39, 0.29) is 5.41 Å². The number of nitrogens with zero attached hydrogens (tertiary/aromatic N) is 3. The molecule has 2 rings (SSSR count). The van der Waals surface area contributed by atoms with Gasteiger partial charge in [0.05, 0.1) is 5.69 Å². The second kappa shape index (κ2) is 4.14. The number of nitrogen functional groups attached to an aromatic ring is 1. The maximum atomic E-state index is 5.41. The monoisotopic (exact) mass is 232 g/mol. The van der Waals surface area contributed by atoms with Gasteiger partial charge in [-0.3, -0.25) is 0 Å². The summed E-state index contributed by atoms with van der Waals surface area (Å²) in [5.74, 6) is 7.16. The number of anilines is 1. The van der Waals surface area contributed by atoms with Crippen molar-refractivity contribution in [1.29, 1.82) is 0 Å². The summed E-state index contributed by atoms with van der Waals surface area (Å²) in [7, 11) is 0. The van der Waals surface area contributed by atoms with Crippen LogP contribution in [0.15, 0.2) is 18.5 Å². The van der Waals surface area contributed by atoms with Gasteiger partial charge in [-0.15, -0.1) is 0 Å². The molecule has 90 valence electrons. The molecule has 17 heavy (non-hydrogen) atoms. The van der Waals surface area contributed by atoms with Gasteiger partial charge >= 0.3 is 0 Å². The molecule has 0 atom stereocenters. The number of H-pyrrole nitrogens is 1. The van der Waals surface area contributed by atoms with E-state index < -0.39 is 0 Å². The number of rotatable bonds is 2. The number of nitrogens with one attached hydrogen (secondary N) is 2. The standard InChI is InChI=1S/C11H16N6/c1-11(2,3)7-6-8(17-12)16-10(15-7)9-13-4-5-14-9/h4-6H,12H2,1-3H3,(H,13,14)(H,15,16,17). The van der Waals surface area contributed by atoms with Crippen LogP contribution in [-0.4, -0.2) is 19.9 Å². The van der Waals surface area contributed by atoms with E-state index in [9.17, 15) is 0 Å². The van der Waals surface area contributed by atoms with Gasteiger partial charge in [-0.25, -0.2) is 20.8 Å². The molecule has 6 nitrogen and oxygen atoms in total. The number of nitrogens with two attached hydrogens (primary N) is 1. The van der Waals surface area contributed by atoms with E-state index in [4.69, 9.17) is 5.84 Å². The zero-order chi connectivity index (χ0) is 12.5. The number of hydrogen-bond donors (Lipinski definition) is 3. The summed E-state index contributed by atoms with van der Waals surface area (Å²) in [6, 6.07) is 1.84. The molecule has 0 radical (unpaired) electrons. The Bertz CT molecular complexity index is 497. The number of imidazole rings is 1. The second-order valence-electron chi connectivity index (χ2n) is 4.79. The largest absolute Gasteiger partial charge is 0.342 e. The molecule has 2 heterocycles. The van der Waals surface area contributed by atoms with Crippen molar-refractivity contribution < 1.29 is 0 Å². The molecule has 2 aromatic rings.